The van der Waals surface area contributed by atoms with E-state index in [-0.39, 0.29) is 12.0 Å². The van der Waals surface area contributed by atoms with Gasteiger partial charge < -0.3 is 9.63 Å². The summed E-state index contributed by atoms with van der Waals surface area (Å²) in [5.41, 5.74) is 1.65. The predicted octanol–water partition coefficient (Wildman–Crippen LogP) is 2.10. The molecule has 0 bridgehead atoms. The number of aliphatic hydroxyl groups is 1. The van der Waals surface area contributed by atoms with Crippen LogP contribution in [0, 0.1) is 6.92 Å². The molecular formula is C13H17N3O2. The van der Waals surface area contributed by atoms with Gasteiger partial charge in [0.05, 0.1) is 0 Å². The summed E-state index contributed by atoms with van der Waals surface area (Å²) >= 11 is 0. The Bertz CT molecular complexity index is 535. The highest BCUT2D eigenvalue weighted by Crippen LogP contribution is 2.28. The van der Waals surface area contributed by atoms with Crippen LogP contribution in [0.3, 0.4) is 0 Å². The molecule has 0 saturated heterocycles. The Morgan fingerprint density at radius 3 is 2.78 bits per heavy atom. The van der Waals surface area contributed by atoms with Crippen molar-refractivity contribution < 1.29 is 9.63 Å². The lowest BCUT2D eigenvalue weighted by Gasteiger charge is -2.24. The molecule has 2 aromatic rings. The molecule has 0 aliphatic carbocycles. The fraction of sp³-hybridized carbons (Fsp3) is 0.462. The van der Waals surface area contributed by atoms with Gasteiger partial charge in [0.25, 0.3) is 5.89 Å². The fourth-order valence-corrected chi connectivity index (χ4v) is 1.79. The normalized spacial score (nSPS) is 11.8. The van der Waals surface area contributed by atoms with E-state index < -0.39 is 0 Å². The van der Waals surface area contributed by atoms with Gasteiger partial charge in [-0.25, -0.2) is 0 Å². The summed E-state index contributed by atoms with van der Waals surface area (Å²) in [6, 6.07) is 3.88. The van der Waals surface area contributed by atoms with Crippen LogP contribution in [0.4, 0.5) is 0 Å². The van der Waals surface area contributed by atoms with E-state index in [0.717, 1.165) is 5.56 Å². The smallest absolute Gasteiger partial charge is 0.276 e. The molecule has 96 valence electrons. The minimum Gasteiger partial charge on any atom is -0.396 e. The van der Waals surface area contributed by atoms with Crippen LogP contribution in [0.25, 0.3) is 11.6 Å². The van der Waals surface area contributed by atoms with Crippen LogP contribution in [-0.2, 0) is 5.41 Å². The van der Waals surface area contributed by atoms with Crippen LogP contribution in [0.1, 0.15) is 31.7 Å². The maximum atomic E-state index is 9.10. The van der Waals surface area contributed by atoms with Crippen LogP contribution < -0.4 is 0 Å². The quantitative estimate of drug-likeness (QED) is 0.895. The highest BCUT2D eigenvalue weighted by atomic mass is 16.5. The molecule has 0 fully saturated rings. The van der Waals surface area contributed by atoms with Crippen LogP contribution in [0.5, 0.6) is 0 Å². The number of aromatic nitrogens is 3. The van der Waals surface area contributed by atoms with Crippen molar-refractivity contribution in [2.24, 2.45) is 0 Å². The second-order valence-electron chi connectivity index (χ2n) is 4.93. The molecule has 0 aliphatic heterocycles. The van der Waals surface area contributed by atoms with E-state index in [0.29, 0.717) is 23.8 Å². The minimum absolute atomic E-state index is 0.110. The third-order valence-electron chi connectivity index (χ3n) is 3.02. The van der Waals surface area contributed by atoms with Gasteiger partial charge in [0.2, 0.25) is 0 Å². The topological polar surface area (TPSA) is 72.0 Å². The molecule has 2 rings (SSSR count). The number of nitrogens with zero attached hydrogens (tertiary/aromatic N) is 3. The number of hydrogen-bond acceptors (Lipinski definition) is 5. The molecule has 0 amide bonds. The molecule has 2 heterocycles. The average molecular weight is 247 g/mol. The zero-order valence-electron chi connectivity index (χ0n) is 10.8. The van der Waals surface area contributed by atoms with Crippen molar-refractivity contribution in [2.75, 3.05) is 6.61 Å². The van der Waals surface area contributed by atoms with Gasteiger partial charge in [-0.15, -0.1) is 0 Å². The predicted molar refractivity (Wildman–Crippen MR) is 67.0 cm³/mol. The van der Waals surface area contributed by atoms with Gasteiger partial charge in [-0.2, -0.15) is 4.98 Å². The molecule has 0 unspecified atom stereocenters. The molecule has 5 heteroatoms. The van der Waals surface area contributed by atoms with Gasteiger partial charge >= 0.3 is 0 Å². The summed E-state index contributed by atoms with van der Waals surface area (Å²) in [5, 5.41) is 12.9. The Kier molecular flexibility index (Phi) is 3.43. The summed E-state index contributed by atoms with van der Waals surface area (Å²) in [4.78, 5) is 8.40. The lowest BCUT2D eigenvalue weighted by molar-refractivity contribution is 0.252. The van der Waals surface area contributed by atoms with Crippen molar-refractivity contribution in [2.45, 2.75) is 32.6 Å². The highest BCUT2D eigenvalue weighted by molar-refractivity contribution is 5.48. The number of aryl methyl sites for hydroxylation is 1. The summed E-state index contributed by atoms with van der Waals surface area (Å²) < 4.78 is 5.10. The first-order valence-electron chi connectivity index (χ1n) is 5.91. The van der Waals surface area contributed by atoms with Gasteiger partial charge in [0.15, 0.2) is 5.82 Å². The Morgan fingerprint density at radius 2 is 2.17 bits per heavy atom. The first kappa shape index (κ1) is 12.7. The molecule has 0 aliphatic rings. The summed E-state index contributed by atoms with van der Waals surface area (Å²) in [7, 11) is 0. The summed E-state index contributed by atoms with van der Waals surface area (Å²) in [6.07, 6.45) is 2.42. The first-order valence-corrected chi connectivity index (χ1v) is 5.91. The van der Waals surface area contributed by atoms with Crippen molar-refractivity contribution in [3.8, 4) is 11.6 Å². The van der Waals surface area contributed by atoms with Gasteiger partial charge in [-0.3, -0.25) is 4.98 Å². The molecule has 1 N–H and O–H groups in total. The fourth-order valence-electron chi connectivity index (χ4n) is 1.79. The standard InChI is InChI=1S/C13H17N3O2/c1-9-15-12(18-16-9)11-8-10(4-6-14-11)13(2,3)5-7-17/h4,6,8,17H,5,7H2,1-3H3. The molecule has 5 nitrogen and oxygen atoms in total. The van der Waals surface area contributed by atoms with Crippen LogP contribution in [0.15, 0.2) is 22.9 Å². The van der Waals surface area contributed by atoms with Gasteiger partial charge in [-0.1, -0.05) is 19.0 Å². The molecule has 0 saturated carbocycles. The Balaban J connectivity index is 2.36. The monoisotopic (exact) mass is 247 g/mol. The van der Waals surface area contributed by atoms with Crippen LogP contribution >= 0.6 is 0 Å². The zero-order chi connectivity index (χ0) is 13.2. The second-order valence-corrected chi connectivity index (χ2v) is 4.93. The number of aliphatic hydroxyl groups excluding tert-OH is 1. The number of pyridine rings is 1. The molecule has 2 aromatic heterocycles. The second kappa shape index (κ2) is 4.86. The lowest BCUT2D eigenvalue weighted by atomic mass is 9.82. The molecule has 0 spiro atoms. The third-order valence-corrected chi connectivity index (χ3v) is 3.02. The van der Waals surface area contributed by atoms with Gasteiger partial charge in [-0.05, 0) is 36.5 Å². The third kappa shape index (κ3) is 2.56. The molecule has 0 aromatic carbocycles. The first-order chi connectivity index (χ1) is 8.53. The maximum absolute atomic E-state index is 9.10. The SMILES string of the molecule is Cc1noc(-c2cc(C(C)(C)CCO)ccn2)n1. The zero-order valence-corrected chi connectivity index (χ0v) is 10.8. The lowest BCUT2D eigenvalue weighted by Crippen LogP contribution is -2.19. The summed E-state index contributed by atoms with van der Waals surface area (Å²) in [5.74, 6) is 1.01. The van der Waals surface area contributed by atoms with E-state index in [1.54, 1.807) is 13.1 Å². The minimum atomic E-state index is -0.110. The van der Waals surface area contributed by atoms with Crippen LogP contribution in [-0.4, -0.2) is 26.8 Å². The van der Waals surface area contributed by atoms with Crippen molar-refractivity contribution in [3.63, 3.8) is 0 Å². The van der Waals surface area contributed by atoms with Crippen molar-refractivity contribution in [3.05, 3.63) is 29.7 Å². The largest absolute Gasteiger partial charge is 0.396 e. The van der Waals surface area contributed by atoms with Gasteiger partial charge in [0, 0.05) is 12.8 Å². The van der Waals surface area contributed by atoms with Crippen molar-refractivity contribution in [1.82, 2.24) is 15.1 Å². The Labute approximate surface area is 106 Å². The van der Waals surface area contributed by atoms with Crippen molar-refractivity contribution in [1.29, 1.82) is 0 Å². The Hall–Kier alpha value is -1.75. The van der Waals surface area contributed by atoms with Crippen LogP contribution in [0.2, 0.25) is 0 Å². The highest BCUT2D eigenvalue weighted by Gasteiger charge is 2.21. The molecule has 0 radical (unpaired) electrons. The van der Waals surface area contributed by atoms with E-state index in [1.165, 1.54) is 0 Å². The Morgan fingerprint density at radius 1 is 1.39 bits per heavy atom. The number of hydrogen-bond donors (Lipinski definition) is 1. The molecular weight excluding hydrogens is 230 g/mol. The molecule has 0 atom stereocenters. The van der Waals surface area contributed by atoms with E-state index in [1.807, 2.05) is 12.1 Å². The molecule has 18 heavy (non-hydrogen) atoms. The van der Waals surface area contributed by atoms with E-state index in [4.69, 9.17) is 9.63 Å². The van der Waals surface area contributed by atoms with E-state index in [9.17, 15) is 0 Å². The maximum Gasteiger partial charge on any atom is 0.276 e. The number of rotatable bonds is 4. The van der Waals surface area contributed by atoms with E-state index >= 15 is 0 Å². The average Bonchev–Trinajstić information content (AvgIpc) is 2.76. The van der Waals surface area contributed by atoms with E-state index in [2.05, 4.69) is 29.0 Å². The van der Waals surface area contributed by atoms with Crippen molar-refractivity contribution >= 4 is 0 Å². The van der Waals surface area contributed by atoms with Gasteiger partial charge in [0.1, 0.15) is 5.69 Å². The summed E-state index contributed by atoms with van der Waals surface area (Å²) in [6.45, 7) is 6.10.